The number of hydrogen-bond acceptors (Lipinski definition) is 4. The average Bonchev–Trinajstić information content (AvgIpc) is 3.25. The molecule has 5 nitrogen and oxygen atoms in total. The van der Waals surface area contributed by atoms with Gasteiger partial charge in [0.05, 0.1) is 18.6 Å². The smallest absolute Gasteiger partial charge is 0.134 e. The van der Waals surface area contributed by atoms with Crippen LogP contribution in [0.25, 0.3) is 11.3 Å². The third-order valence-electron chi connectivity index (χ3n) is 4.11. The molecule has 0 aliphatic carbocycles. The van der Waals surface area contributed by atoms with Crippen LogP contribution in [0.1, 0.15) is 30.1 Å². The van der Waals surface area contributed by atoms with Gasteiger partial charge in [-0.15, -0.1) is 0 Å². The number of ether oxygens (including phenoxy) is 1. The highest BCUT2D eigenvalue weighted by Gasteiger charge is 2.26. The second kappa shape index (κ2) is 5.93. The minimum atomic E-state index is 0.0152. The molecule has 1 aliphatic heterocycles. The van der Waals surface area contributed by atoms with Crippen molar-refractivity contribution in [2.45, 2.75) is 19.4 Å². The number of furan rings is 1. The molecule has 0 bridgehead atoms. The second-order valence-electron chi connectivity index (χ2n) is 5.56. The first-order chi connectivity index (χ1) is 11.3. The highest BCUT2D eigenvalue weighted by Crippen LogP contribution is 2.31. The number of nitrogens with one attached hydrogen (secondary N) is 2. The lowest BCUT2D eigenvalue weighted by molar-refractivity contribution is 0.340. The molecule has 4 rings (SSSR count). The number of nitrogens with zero attached hydrogens (tertiary/aromatic N) is 1. The van der Waals surface area contributed by atoms with Crippen LogP contribution >= 0.6 is 0 Å². The molecule has 0 amide bonds. The van der Waals surface area contributed by atoms with Crippen molar-refractivity contribution in [1.29, 1.82) is 0 Å². The van der Waals surface area contributed by atoms with E-state index in [-0.39, 0.29) is 6.04 Å². The summed E-state index contributed by atoms with van der Waals surface area (Å²) in [6.45, 7) is 3.57. The molecule has 0 spiro atoms. The fourth-order valence-electron chi connectivity index (χ4n) is 3.00. The minimum Gasteiger partial charge on any atom is -0.494 e. The van der Waals surface area contributed by atoms with Crippen LogP contribution in [0.4, 0.5) is 0 Å². The van der Waals surface area contributed by atoms with E-state index in [1.807, 2.05) is 43.3 Å². The minimum absolute atomic E-state index is 0.0152. The summed E-state index contributed by atoms with van der Waals surface area (Å²) in [4.78, 5) is 7.64. The second-order valence-corrected chi connectivity index (χ2v) is 5.56. The molecule has 0 fully saturated rings. The largest absolute Gasteiger partial charge is 0.494 e. The number of aromatic amines is 1. The van der Waals surface area contributed by atoms with Gasteiger partial charge in [-0.3, -0.25) is 0 Å². The molecule has 5 heteroatoms. The van der Waals surface area contributed by atoms with Gasteiger partial charge in [-0.2, -0.15) is 0 Å². The van der Waals surface area contributed by atoms with E-state index in [1.165, 1.54) is 5.69 Å². The van der Waals surface area contributed by atoms with Crippen molar-refractivity contribution >= 4 is 0 Å². The molecule has 118 valence electrons. The van der Waals surface area contributed by atoms with Gasteiger partial charge in [0.1, 0.15) is 23.3 Å². The predicted molar refractivity (Wildman–Crippen MR) is 87.5 cm³/mol. The lowest BCUT2D eigenvalue weighted by atomic mass is 10.0. The number of fused-ring (bicyclic) bond motifs is 1. The summed E-state index contributed by atoms with van der Waals surface area (Å²) in [5.74, 6) is 2.62. The summed E-state index contributed by atoms with van der Waals surface area (Å²) in [7, 11) is 0. The fraction of sp³-hybridized carbons (Fsp3) is 0.278. The first kappa shape index (κ1) is 14.1. The van der Waals surface area contributed by atoms with Crippen LogP contribution in [-0.2, 0) is 6.42 Å². The number of rotatable bonds is 4. The Morgan fingerprint density at radius 1 is 1.22 bits per heavy atom. The third-order valence-corrected chi connectivity index (χ3v) is 4.11. The summed E-state index contributed by atoms with van der Waals surface area (Å²) >= 11 is 0. The normalized spacial score (nSPS) is 17.0. The van der Waals surface area contributed by atoms with E-state index < -0.39 is 0 Å². The van der Waals surface area contributed by atoms with Crippen LogP contribution in [0.5, 0.6) is 5.75 Å². The molecule has 1 unspecified atom stereocenters. The zero-order chi connectivity index (χ0) is 15.6. The van der Waals surface area contributed by atoms with E-state index in [9.17, 15) is 0 Å². The summed E-state index contributed by atoms with van der Waals surface area (Å²) in [5.41, 5.74) is 3.26. The van der Waals surface area contributed by atoms with E-state index in [0.29, 0.717) is 6.61 Å². The molecule has 0 radical (unpaired) electrons. The Morgan fingerprint density at radius 3 is 2.91 bits per heavy atom. The lowest BCUT2D eigenvalue weighted by Gasteiger charge is -2.21. The molecule has 0 saturated heterocycles. The van der Waals surface area contributed by atoms with Crippen LogP contribution in [-0.4, -0.2) is 23.1 Å². The SMILES string of the molecule is CCOc1ccc(-c2ccc(C3NCCc4[nH]cnc43)o2)cc1. The van der Waals surface area contributed by atoms with E-state index in [1.54, 1.807) is 6.33 Å². The Labute approximate surface area is 134 Å². The zero-order valence-corrected chi connectivity index (χ0v) is 13.0. The lowest BCUT2D eigenvalue weighted by Crippen LogP contribution is -2.30. The van der Waals surface area contributed by atoms with Gasteiger partial charge in [0.15, 0.2) is 0 Å². The Morgan fingerprint density at radius 2 is 2.09 bits per heavy atom. The average molecular weight is 309 g/mol. The topological polar surface area (TPSA) is 63.1 Å². The molecule has 2 aromatic heterocycles. The Hall–Kier alpha value is -2.53. The standard InChI is InChI=1S/C18H19N3O2/c1-2-22-13-5-3-12(4-6-13)15-7-8-16(23-15)18-17-14(9-10-19-18)20-11-21-17/h3-8,11,18-19H,2,9-10H2,1H3,(H,20,21). The van der Waals surface area contributed by atoms with Crippen LogP contribution in [0, 0.1) is 0 Å². The first-order valence-electron chi connectivity index (χ1n) is 7.93. The maximum Gasteiger partial charge on any atom is 0.134 e. The third kappa shape index (κ3) is 2.64. The van der Waals surface area contributed by atoms with Crippen LogP contribution < -0.4 is 10.1 Å². The van der Waals surface area contributed by atoms with Crippen molar-refractivity contribution in [3.63, 3.8) is 0 Å². The molecule has 0 saturated carbocycles. The Kier molecular flexibility index (Phi) is 3.63. The number of hydrogen-bond donors (Lipinski definition) is 2. The number of imidazole rings is 1. The molecule has 3 aromatic rings. The van der Waals surface area contributed by atoms with Gasteiger partial charge >= 0.3 is 0 Å². The molecule has 1 aromatic carbocycles. The molecular weight excluding hydrogens is 290 g/mol. The summed E-state index contributed by atoms with van der Waals surface area (Å²) in [5, 5.41) is 3.47. The van der Waals surface area contributed by atoms with E-state index >= 15 is 0 Å². The van der Waals surface area contributed by atoms with Gasteiger partial charge < -0.3 is 19.5 Å². The highest BCUT2D eigenvalue weighted by atomic mass is 16.5. The van der Waals surface area contributed by atoms with Crippen molar-refractivity contribution in [2.24, 2.45) is 0 Å². The number of H-pyrrole nitrogens is 1. The number of benzene rings is 1. The first-order valence-corrected chi connectivity index (χ1v) is 7.93. The monoisotopic (exact) mass is 309 g/mol. The Balaban J connectivity index is 1.60. The van der Waals surface area contributed by atoms with Crippen LogP contribution in [0.3, 0.4) is 0 Å². The van der Waals surface area contributed by atoms with Crippen molar-refractivity contribution in [3.05, 3.63) is 59.9 Å². The van der Waals surface area contributed by atoms with E-state index in [2.05, 4.69) is 15.3 Å². The van der Waals surface area contributed by atoms with Gasteiger partial charge in [0.2, 0.25) is 0 Å². The molecule has 3 heterocycles. The van der Waals surface area contributed by atoms with Crippen LogP contribution in [0.2, 0.25) is 0 Å². The molecule has 1 atom stereocenters. The fourth-order valence-corrected chi connectivity index (χ4v) is 3.00. The summed E-state index contributed by atoms with van der Waals surface area (Å²) < 4.78 is 11.6. The summed E-state index contributed by atoms with van der Waals surface area (Å²) in [6, 6.07) is 12.0. The van der Waals surface area contributed by atoms with Crippen molar-refractivity contribution in [1.82, 2.24) is 15.3 Å². The van der Waals surface area contributed by atoms with Gasteiger partial charge in [-0.05, 0) is 43.3 Å². The maximum absolute atomic E-state index is 6.08. The number of aromatic nitrogens is 2. The molecular formula is C18H19N3O2. The highest BCUT2D eigenvalue weighted by molar-refractivity contribution is 5.59. The zero-order valence-electron chi connectivity index (χ0n) is 13.0. The van der Waals surface area contributed by atoms with Gasteiger partial charge in [0.25, 0.3) is 0 Å². The quantitative estimate of drug-likeness (QED) is 0.776. The predicted octanol–water partition coefficient (Wildman–Crippen LogP) is 3.30. The molecule has 2 N–H and O–H groups in total. The van der Waals surface area contributed by atoms with Gasteiger partial charge in [-0.1, -0.05) is 0 Å². The van der Waals surface area contributed by atoms with Gasteiger partial charge in [0, 0.05) is 24.2 Å². The van der Waals surface area contributed by atoms with E-state index in [4.69, 9.17) is 9.15 Å². The Bertz CT molecular complexity index is 789. The van der Waals surface area contributed by atoms with Crippen LogP contribution in [0.15, 0.2) is 47.1 Å². The van der Waals surface area contributed by atoms with Gasteiger partial charge in [-0.25, -0.2) is 4.98 Å². The molecule has 1 aliphatic rings. The maximum atomic E-state index is 6.08. The van der Waals surface area contributed by atoms with Crippen molar-refractivity contribution in [3.8, 4) is 17.1 Å². The van der Waals surface area contributed by atoms with Crippen molar-refractivity contribution in [2.75, 3.05) is 13.2 Å². The molecule has 23 heavy (non-hydrogen) atoms. The van der Waals surface area contributed by atoms with E-state index in [0.717, 1.165) is 41.5 Å². The summed E-state index contributed by atoms with van der Waals surface area (Å²) in [6.07, 6.45) is 2.72. The van der Waals surface area contributed by atoms with Crippen molar-refractivity contribution < 1.29 is 9.15 Å².